The van der Waals surface area contributed by atoms with E-state index in [1.165, 1.54) is 24.3 Å². The van der Waals surface area contributed by atoms with E-state index in [0.717, 1.165) is 0 Å². The number of alkyl halides is 3. The minimum absolute atomic E-state index is 0. The molecule has 0 amide bonds. The summed E-state index contributed by atoms with van der Waals surface area (Å²) in [6, 6.07) is 5.40. The average molecular weight is 438 g/mol. The lowest BCUT2D eigenvalue weighted by atomic mass is 10.1. The van der Waals surface area contributed by atoms with Crippen molar-refractivity contribution in [2.24, 2.45) is 5.73 Å². The van der Waals surface area contributed by atoms with Gasteiger partial charge in [-0.15, -0.1) is 12.4 Å². The van der Waals surface area contributed by atoms with Crippen molar-refractivity contribution in [2.75, 3.05) is 6.61 Å². The topological polar surface area (TPSA) is 142 Å². The zero-order chi connectivity index (χ0) is 21.1. The molecule has 2 rings (SSSR count). The van der Waals surface area contributed by atoms with Crippen LogP contribution in [0.1, 0.15) is 23.6 Å². The molecular formula is C16H15ClF3N3O6. The molecule has 1 unspecified atom stereocenters. The minimum atomic E-state index is -5.02. The smallest absolute Gasteiger partial charge is 0.416 e. The average Bonchev–Trinajstić information content (AvgIpc) is 2.61. The van der Waals surface area contributed by atoms with Crippen LogP contribution in [0, 0.1) is 20.2 Å². The van der Waals surface area contributed by atoms with E-state index < -0.39 is 44.8 Å². The molecule has 0 aliphatic carbocycles. The quantitative estimate of drug-likeness (QED) is 0.490. The second-order valence-electron chi connectivity index (χ2n) is 5.65. The third kappa shape index (κ3) is 5.76. The number of nitro groups is 2. The van der Waals surface area contributed by atoms with Crippen LogP contribution in [0.3, 0.4) is 0 Å². The normalized spacial score (nSPS) is 12.0. The van der Waals surface area contributed by atoms with E-state index in [1.807, 2.05) is 0 Å². The molecule has 0 bridgehead atoms. The Labute approximate surface area is 167 Å². The van der Waals surface area contributed by atoms with Crippen molar-refractivity contribution in [3.63, 3.8) is 0 Å². The summed E-state index contributed by atoms with van der Waals surface area (Å²) in [5.41, 5.74) is 2.48. The molecule has 0 radical (unpaired) electrons. The van der Waals surface area contributed by atoms with Crippen molar-refractivity contribution in [3.05, 3.63) is 67.8 Å². The number of benzene rings is 2. The molecule has 29 heavy (non-hydrogen) atoms. The van der Waals surface area contributed by atoms with Crippen molar-refractivity contribution in [1.82, 2.24) is 0 Å². The van der Waals surface area contributed by atoms with Gasteiger partial charge in [0, 0.05) is 24.8 Å². The van der Waals surface area contributed by atoms with Gasteiger partial charge in [-0.2, -0.15) is 13.2 Å². The van der Waals surface area contributed by atoms with Crippen LogP contribution < -0.4 is 10.5 Å². The Kier molecular flexibility index (Phi) is 7.88. The molecule has 0 saturated heterocycles. The largest absolute Gasteiger partial charge is 0.444 e. The molecule has 0 fully saturated rings. The van der Waals surface area contributed by atoms with Crippen molar-refractivity contribution < 1.29 is 32.9 Å². The summed E-state index contributed by atoms with van der Waals surface area (Å²) in [5.74, 6) is -0.999. The van der Waals surface area contributed by atoms with Crippen LogP contribution in [0.2, 0.25) is 0 Å². The van der Waals surface area contributed by atoms with Gasteiger partial charge in [0.05, 0.1) is 15.4 Å². The molecule has 13 heteroatoms. The first-order chi connectivity index (χ1) is 13.0. The molecule has 0 aliphatic rings. The van der Waals surface area contributed by atoms with Gasteiger partial charge in [0.2, 0.25) is 0 Å². The molecule has 3 N–H and O–H groups in total. The van der Waals surface area contributed by atoms with E-state index in [1.54, 1.807) is 0 Å². The lowest BCUT2D eigenvalue weighted by molar-refractivity contribution is -0.396. The van der Waals surface area contributed by atoms with E-state index in [9.17, 15) is 33.4 Å². The maximum atomic E-state index is 12.9. The van der Waals surface area contributed by atoms with E-state index in [2.05, 4.69) is 0 Å². The maximum Gasteiger partial charge on any atom is 0.416 e. The zero-order valence-electron chi connectivity index (χ0n) is 14.5. The number of hydrogen-bond acceptors (Lipinski definition) is 7. The highest BCUT2D eigenvalue weighted by atomic mass is 35.5. The number of nitro benzene ring substituents is 2. The monoisotopic (exact) mass is 437 g/mol. The maximum absolute atomic E-state index is 12.9. The Morgan fingerprint density at radius 1 is 1.07 bits per heavy atom. The van der Waals surface area contributed by atoms with Crippen molar-refractivity contribution in [3.8, 4) is 11.5 Å². The number of ether oxygens (including phenoxy) is 1. The van der Waals surface area contributed by atoms with Crippen molar-refractivity contribution in [1.29, 1.82) is 0 Å². The van der Waals surface area contributed by atoms with E-state index >= 15 is 0 Å². The Bertz CT molecular complexity index is 857. The first-order valence-corrected chi connectivity index (χ1v) is 7.73. The molecule has 0 saturated carbocycles. The predicted octanol–water partition coefficient (Wildman–Crippen LogP) is 4.12. The summed E-state index contributed by atoms with van der Waals surface area (Å²) < 4.78 is 43.9. The summed E-state index contributed by atoms with van der Waals surface area (Å²) in [6.45, 7) is -0.149. The number of nitrogens with two attached hydrogens (primary N) is 1. The number of rotatable bonds is 7. The number of hydrogen-bond donors (Lipinski definition) is 2. The van der Waals surface area contributed by atoms with Crippen LogP contribution in [0.4, 0.5) is 24.5 Å². The summed E-state index contributed by atoms with van der Waals surface area (Å²) in [4.78, 5) is 20.0. The SMILES string of the molecule is Cl.NC(CCO)c1ccc(Oc2c([N+](=O)[O-])cc(C(F)(F)F)cc2[N+](=O)[O-])cc1. The number of nitrogens with zero attached hydrogens (tertiary/aromatic N) is 2. The van der Waals surface area contributed by atoms with Crippen molar-refractivity contribution in [2.45, 2.75) is 18.6 Å². The Balaban J connectivity index is 0.00000420. The van der Waals surface area contributed by atoms with E-state index in [4.69, 9.17) is 15.6 Å². The highest BCUT2D eigenvalue weighted by Gasteiger charge is 2.38. The van der Waals surface area contributed by atoms with Gasteiger partial charge in [-0.1, -0.05) is 12.1 Å². The van der Waals surface area contributed by atoms with Gasteiger partial charge in [0.1, 0.15) is 5.75 Å². The first kappa shape index (κ1) is 24.1. The number of halogens is 4. The van der Waals surface area contributed by atoms with Crippen LogP contribution >= 0.6 is 12.4 Å². The molecule has 9 nitrogen and oxygen atoms in total. The van der Waals surface area contributed by atoms with E-state index in [0.29, 0.717) is 5.56 Å². The lowest BCUT2D eigenvalue weighted by Crippen LogP contribution is -2.11. The Hall–Kier alpha value is -2.96. The third-order valence-corrected chi connectivity index (χ3v) is 3.74. The predicted molar refractivity (Wildman–Crippen MR) is 97.1 cm³/mol. The van der Waals surface area contributed by atoms with Crippen LogP contribution in [0.15, 0.2) is 36.4 Å². The molecule has 0 aliphatic heterocycles. The second kappa shape index (κ2) is 9.49. The number of aliphatic hydroxyl groups excluding tert-OH is 1. The Morgan fingerprint density at radius 2 is 1.55 bits per heavy atom. The molecular weight excluding hydrogens is 423 g/mol. The summed E-state index contributed by atoms with van der Waals surface area (Å²) in [5, 5.41) is 31.2. The van der Waals surface area contributed by atoms with Crippen LogP contribution in [-0.4, -0.2) is 21.6 Å². The van der Waals surface area contributed by atoms with Crippen LogP contribution in [-0.2, 0) is 6.18 Å². The highest BCUT2D eigenvalue weighted by molar-refractivity contribution is 5.85. The van der Waals surface area contributed by atoms with Gasteiger partial charge < -0.3 is 15.6 Å². The molecule has 158 valence electrons. The first-order valence-electron chi connectivity index (χ1n) is 7.73. The molecule has 0 heterocycles. The van der Waals surface area contributed by atoms with Crippen molar-refractivity contribution >= 4 is 23.8 Å². The summed E-state index contributed by atoms with van der Waals surface area (Å²) in [6.07, 6.45) is -4.74. The van der Waals surface area contributed by atoms with Gasteiger partial charge in [-0.3, -0.25) is 20.2 Å². The van der Waals surface area contributed by atoms with Crippen LogP contribution in [0.5, 0.6) is 11.5 Å². The van der Waals surface area contributed by atoms with Gasteiger partial charge in [-0.05, 0) is 24.1 Å². The second-order valence-corrected chi connectivity index (χ2v) is 5.65. The van der Waals surface area contributed by atoms with Gasteiger partial charge in [0.15, 0.2) is 0 Å². The molecule has 2 aromatic carbocycles. The molecule has 1 atom stereocenters. The standard InChI is InChI=1S/C16H14F3N3O6.ClH/c17-16(18,19)10-7-13(21(24)25)15(14(8-10)22(26)27)28-11-3-1-9(2-4-11)12(20)5-6-23;/h1-4,7-8,12,23H,5-6,20H2;1H. The van der Waals surface area contributed by atoms with E-state index in [-0.39, 0.29) is 43.3 Å². The van der Waals surface area contributed by atoms with Gasteiger partial charge >= 0.3 is 17.6 Å². The number of aliphatic hydroxyl groups is 1. The van der Waals surface area contributed by atoms with Crippen LogP contribution in [0.25, 0.3) is 0 Å². The zero-order valence-corrected chi connectivity index (χ0v) is 15.3. The summed E-state index contributed by atoms with van der Waals surface area (Å²) >= 11 is 0. The fourth-order valence-corrected chi connectivity index (χ4v) is 2.34. The molecule has 0 aromatic heterocycles. The lowest BCUT2D eigenvalue weighted by Gasteiger charge is -2.13. The third-order valence-electron chi connectivity index (χ3n) is 3.74. The highest BCUT2D eigenvalue weighted by Crippen LogP contribution is 2.44. The Morgan fingerprint density at radius 3 is 1.93 bits per heavy atom. The molecule has 2 aromatic rings. The molecule has 0 spiro atoms. The fourth-order valence-electron chi connectivity index (χ4n) is 2.34. The fraction of sp³-hybridized carbons (Fsp3) is 0.250. The summed E-state index contributed by atoms with van der Waals surface area (Å²) in [7, 11) is 0. The minimum Gasteiger partial charge on any atom is -0.444 e. The van der Waals surface area contributed by atoms with Gasteiger partial charge in [-0.25, -0.2) is 0 Å². The van der Waals surface area contributed by atoms with Gasteiger partial charge in [0.25, 0.3) is 5.75 Å².